The largest absolute Gasteiger partial charge is 0.442 e. The molecule has 2 unspecified atom stereocenters. The van der Waals surface area contributed by atoms with Crippen LogP contribution in [0.3, 0.4) is 0 Å². The maximum atomic E-state index is 15.2. The number of ether oxygens (including phenoxy) is 1. The monoisotopic (exact) mass is 541 g/mol. The molecule has 9 nitrogen and oxygen atoms in total. The van der Waals surface area contributed by atoms with Gasteiger partial charge in [-0.25, -0.2) is 13.6 Å². The Morgan fingerprint density at radius 3 is 2.54 bits per heavy atom. The first-order valence-corrected chi connectivity index (χ1v) is 11.8. The molecule has 198 valence electrons. The first-order chi connectivity index (χ1) is 17.8. The molecule has 0 bridgehead atoms. The minimum absolute atomic E-state index is 0.0995. The number of carbonyl (C=O) groups excluding carboxylic acids is 2. The number of cyclic esters (lactones) is 1. The van der Waals surface area contributed by atoms with Crippen LogP contribution in [-0.2, 0) is 14.4 Å². The molecule has 2 saturated heterocycles. The number of nitrogens with one attached hydrogen (secondary N) is 1. The lowest BCUT2D eigenvalue weighted by atomic mass is 10.1. The minimum atomic E-state index is -3.21. The molecule has 1 aromatic carbocycles. The molecule has 0 saturated carbocycles. The van der Waals surface area contributed by atoms with Gasteiger partial charge >= 0.3 is 12.5 Å². The Bertz CT molecular complexity index is 1120. The summed E-state index contributed by atoms with van der Waals surface area (Å²) in [6, 6.07) is 5.26. The van der Waals surface area contributed by atoms with Crippen LogP contribution < -0.4 is 15.1 Å². The fourth-order valence-corrected chi connectivity index (χ4v) is 4.41. The van der Waals surface area contributed by atoms with Crippen LogP contribution in [-0.4, -0.2) is 79.3 Å². The van der Waals surface area contributed by atoms with Crippen molar-refractivity contribution in [3.8, 4) is 0 Å². The molecule has 3 heterocycles. The van der Waals surface area contributed by atoms with Gasteiger partial charge in [0.25, 0.3) is 5.91 Å². The minimum Gasteiger partial charge on any atom is -0.442 e. The first kappa shape index (κ1) is 26.7. The Hall–Kier alpha value is -3.36. The summed E-state index contributed by atoms with van der Waals surface area (Å²) in [5, 5.41) is 5.14. The zero-order valence-corrected chi connectivity index (χ0v) is 20.2. The van der Waals surface area contributed by atoms with Crippen molar-refractivity contribution in [2.75, 3.05) is 49.1 Å². The van der Waals surface area contributed by atoms with E-state index < -0.39 is 36.2 Å². The Balaban J connectivity index is 1.44. The van der Waals surface area contributed by atoms with Gasteiger partial charge in [-0.1, -0.05) is 12.2 Å². The van der Waals surface area contributed by atoms with E-state index in [-0.39, 0.29) is 50.2 Å². The van der Waals surface area contributed by atoms with E-state index in [1.807, 2.05) is 5.32 Å². The van der Waals surface area contributed by atoms with E-state index in [2.05, 4.69) is 4.98 Å². The van der Waals surface area contributed by atoms with Gasteiger partial charge in [-0.2, -0.15) is 13.8 Å². The highest BCUT2D eigenvalue weighted by Crippen LogP contribution is 2.32. The number of carbonyl (C=O) groups is 2. The van der Waals surface area contributed by atoms with E-state index in [4.69, 9.17) is 21.8 Å². The van der Waals surface area contributed by atoms with Crippen LogP contribution in [0.2, 0.25) is 0 Å². The standard InChI is InChI=1S/C23H23F4N5O4S/c24-17-9-15(31-12-16(36-23(31)34)11-29-22(33)21(26)27)10-18(25)20(17)30-5-6-32(35-8-7-30)19(13-37)14-1-3-28-4-2-14/h1-4,9-10,13,16,19,21H,5-8,11-12H2,(H,29,33). The highest BCUT2D eigenvalue weighted by atomic mass is 32.1. The van der Waals surface area contributed by atoms with Crippen LogP contribution in [0.15, 0.2) is 36.7 Å². The maximum Gasteiger partial charge on any atom is 0.414 e. The van der Waals surface area contributed by atoms with Gasteiger partial charge in [-0.15, -0.1) is 0 Å². The number of thiocarbonyl (C=S) groups is 1. The highest BCUT2D eigenvalue weighted by molar-refractivity contribution is 7.79. The number of pyridine rings is 1. The molecule has 2 amide bonds. The van der Waals surface area contributed by atoms with Crippen LogP contribution >= 0.6 is 12.2 Å². The number of hydrogen-bond acceptors (Lipinski definition) is 8. The maximum absolute atomic E-state index is 15.2. The number of amides is 2. The molecule has 1 N–H and O–H groups in total. The number of rotatable bonds is 8. The van der Waals surface area contributed by atoms with E-state index in [0.29, 0.717) is 6.54 Å². The van der Waals surface area contributed by atoms with Gasteiger partial charge in [0.15, 0.2) is 11.6 Å². The number of halogens is 4. The second kappa shape index (κ2) is 11.8. The fraction of sp³-hybridized carbons (Fsp3) is 0.391. The van der Waals surface area contributed by atoms with E-state index >= 15 is 8.78 Å². The molecule has 37 heavy (non-hydrogen) atoms. The third-order valence-electron chi connectivity index (χ3n) is 5.90. The van der Waals surface area contributed by atoms with E-state index in [1.165, 1.54) is 4.90 Å². The highest BCUT2D eigenvalue weighted by Gasteiger charge is 2.34. The van der Waals surface area contributed by atoms with Crippen molar-refractivity contribution < 1.29 is 36.7 Å². The first-order valence-electron chi connectivity index (χ1n) is 11.3. The molecule has 14 heteroatoms. The lowest BCUT2D eigenvalue weighted by Crippen LogP contribution is -2.37. The van der Waals surface area contributed by atoms with Crippen molar-refractivity contribution in [1.29, 1.82) is 0 Å². The van der Waals surface area contributed by atoms with Gasteiger partial charge in [-0.3, -0.25) is 19.5 Å². The number of benzene rings is 1. The quantitative estimate of drug-likeness (QED) is 0.404. The summed E-state index contributed by atoms with van der Waals surface area (Å²) in [6.07, 6.45) is -1.81. The Morgan fingerprint density at radius 1 is 1.19 bits per heavy atom. The molecule has 0 radical (unpaired) electrons. The zero-order chi connectivity index (χ0) is 26.5. The summed E-state index contributed by atoms with van der Waals surface area (Å²) < 4.78 is 60.0. The average Bonchev–Trinajstić information content (AvgIpc) is 3.09. The molecule has 1 aromatic heterocycles. The fourth-order valence-electron chi connectivity index (χ4n) is 4.12. The average molecular weight is 542 g/mol. The molecule has 2 aliphatic heterocycles. The van der Waals surface area contributed by atoms with E-state index in [0.717, 1.165) is 22.6 Å². The predicted molar refractivity (Wildman–Crippen MR) is 128 cm³/mol. The van der Waals surface area contributed by atoms with Crippen molar-refractivity contribution in [1.82, 2.24) is 15.4 Å². The second-order valence-corrected chi connectivity index (χ2v) is 8.51. The van der Waals surface area contributed by atoms with Crippen LogP contribution in [0, 0.1) is 11.6 Å². The number of nitrogens with zero attached hydrogens (tertiary/aromatic N) is 4. The Morgan fingerprint density at radius 2 is 1.89 bits per heavy atom. The van der Waals surface area contributed by atoms with Gasteiger partial charge in [0.05, 0.1) is 31.4 Å². The van der Waals surface area contributed by atoms with Crippen molar-refractivity contribution in [2.24, 2.45) is 0 Å². The molecule has 2 aromatic rings. The Kier molecular flexibility index (Phi) is 8.51. The molecular formula is C23H23F4N5O4S. The molecule has 0 spiro atoms. The van der Waals surface area contributed by atoms with Gasteiger partial charge in [0.1, 0.15) is 11.8 Å². The smallest absolute Gasteiger partial charge is 0.414 e. The summed E-state index contributed by atoms with van der Waals surface area (Å²) >= 11 is 5.17. The SMILES string of the molecule is O=C(NCC1CN(c2cc(F)c(N3CCON(C(C=S)c4ccncc4)CC3)c(F)c2)C(=O)O1)C(F)F. The zero-order valence-electron chi connectivity index (χ0n) is 19.4. The van der Waals surface area contributed by atoms with E-state index in [1.54, 1.807) is 35.0 Å². The third-order valence-corrected chi connectivity index (χ3v) is 6.16. The normalized spacial score (nSPS) is 19.5. The topological polar surface area (TPSA) is 87.2 Å². The molecule has 2 atom stereocenters. The second-order valence-electron chi connectivity index (χ2n) is 8.24. The van der Waals surface area contributed by atoms with Crippen LogP contribution in [0.1, 0.15) is 11.6 Å². The van der Waals surface area contributed by atoms with Crippen molar-refractivity contribution >= 4 is 41.0 Å². The summed E-state index contributed by atoms with van der Waals surface area (Å²) in [4.78, 5) is 35.5. The van der Waals surface area contributed by atoms with Crippen LogP contribution in [0.4, 0.5) is 33.7 Å². The Labute approximate surface area is 214 Å². The molecule has 4 rings (SSSR count). The number of anilines is 2. The van der Waals surface area contributed by atoms with Crippen LogP contribution in [0.5, 0.6) is 0 Å². The molecular weight excluding hydrogens is 518 g/mol. The number of alkyl halides is 2. The molecule has 0 aliphatic carbocycles. The van der Waals surface area contributed by atoms with Gasteiger partial charge < -0.3 is 15.0 Å². The molecule has 2 fully saturated rings. The van der Waals surface area contributed by atoms with Gasteiger partial charge in [-0.05, 0) is 17.7 Å². The van der Waals surface area contributed by atoms with E-state index in [9.17, 15) is 18.4 Å². The third kappa shape index (κ3) is 6.14. The van der Waals surface area contributed by atoms with Gasteiger partial charge in [0, 0.05) is 49.5 Å². The number of hydrogen-bond donors (Lipinski definition) is 1. The van der Waals surface area contributed by atoms with Crippen molar-refractivity contribution in [3.05, 3.63) is 53.9 Å². The summed E-state index contributed by atoms with van der Waals surface area (Å²) in [5.41, 5.74) is 0.493. The summed E-state index contributed by atoms with van der Waals surface area (Å²) in [5.74, 6) is -3.30. The van der Waals surface area contributed by atoms with Crippen molar-refractivity contribution in [2.45, 2.75) is 18.6 Å². The predicted octanol–water partition coefficient (Wildman–Crippen LogP) is 2.86. The number of hydroxylamine groups is 2. The molecule has 2 aliphatic rings. The lowest BCUT2D eigenvalue weighted by molar-refractivity contribution is -0.161. The van der Waals surface area contributed by atoms with Gasteiger partial charge in [0.2, 0.25) is 0 Å². The van der Waals surface area contributed by atoms with Crippen molar-refractivity contribution in [3.63, 3.8) is 0 Å². The summed E-state index contributed by atoms with van der Waals surface area (Å²) in [7, 11) is 0. The van der Waals surface area contributed by atoms with Crippen LogP contribution in [0.25, 0.3) is 0 Å². The number of aromatic nitrogens is 1. The summed E-state index contributed by atoms with van der Waals surface area (Å²) in [6.45, 7) is 0.334. The lowest BCUT2D eigenvalue weighted by Gasteiger charge is -2.27.